The van der Waals surface area contributed by atoms with E-state index in [2.05, 4.69) is 39.9 Å². The van der Waals surface area contributed by atoms with Gasteiger partial charge in [0.15, 0.2) is 8.32 Å². The van der Waals surface area contributed by atoms with Crippen LogP contribution in [0.25, 0.3) is 0 Å². The molecule has 26 heavy (non-hydrogen) atoms. The minimum Gasteiger partial charge on any atom is -0.447 e. The van der Waals surface area contributed by atoms with Crippen LogP contribution in [0.4, 0.5) is 4.79 Å². The molecule has 1 aromatic carbocycles. The number of allylic oxidation sites excluding steroid dienone is 1. The topological polar surface area (TPSA) is 38.8 Å². The maximum absolute atomic E-state index is 12.5. The number of ether oxygens (including phenoxy) is 1. The normalized spacial score (nSPS) is 21.1. The highest BCUT2D eigenvalue weighted by Crippen LogP contribution is 2.39. The fourth-order valence-corrected chi connectivity index (χ4v) is 4.26. The predicted molar refractivity (Wildman–Crippen MR) is 109 cm³/mol. The van der Waals surface area contributed by atoms with E-state index in [-0.39, 0.29) is 29.3 Å². The Kier molecular flexibility index (Phi) is 6.35. The Balaban J connectivity index is 2.30. The lowest BCUT2D eigenvalue weighted by atomic mass is 10.0. The van der Waals surface area contributed by atoms with Crippen LogP contribution in [0.1, 0.15) is 46.2 Å². The molecule has 1 heterocycles. The molecule has 0 aliphatic carbocycles. The van der Waals surface area contributed by atoms with Crippen LogP contribution in [0.3, 0.4) is 0 Å². The van der Waals surface area contributed by atoms with Crippen molar-refractivity contribution in [1.82, 2.24) is 4.90 Å². The third kappa shape index (κ3) is 4.38. The minimum absolute atomic E-state index is 0.0630. The number of hydrogen-bond donors (Lipinski definition) is 0. The van der Waals surface area contributed by atoms with E-state index in [0.29, 0.717) is 6.61 Å². The van der Waals surface area contributed by atoms with Crippen molar-refractivity contribution in [2.45, 2.75) is 70.9 Å². The molecule has 0 spiro atoms. The van der Waals surface area contributed by atoms with Crippen molar-refractivity contribution in [3.05, 3.63) is 48.0 Å². The summed E-state index contributed by atoms with van der Waals surface area (Å²) in [6, 6.07) is 9.89. The van der Waals surface area contributed by atoms with Crippen molar-refractivity contribution < 1.29 is 14.0 Å². The van der Waals surface area contributed by atoms with Crippen LogP contribution < -0.4 is 0 Å². The highest BCUT2D eigenvalue weighted by atomic mass is 28.4. The van der Waals surface area contributed by atoms with E-state index in [4.69, 9.17) is 9.16 Å². The van der Waals surface area contributed by atoms with Crippen LogP contribution in [0.15, 0.2) is 42.5 Å². The molecule has 0 unspecified atom stereocenters. The van der Waals surface area contributed by atoms with E-state index in [9.17, 15) is 4.79 Å². The van der Waals surface area contributed by atoms with Gasteiger partial charge < -0.3 is 9.16 Å². The van der Waals surface area contributed by atoms with Crippen LogP contribution in [-0.2, 0) is 9.16 Å². The molecular formula is C21H33NO3Si. The number of hydrogen-bond acceptors (Lipinski definition) is 3. The maximum Gasteiger partial charge on any atom is 0.410 e. The Hall–Kier alpha value is -1.59. The molecule has 0 radical (unpaired) electrons. The summed E-state index contributed by atoms with van der Waals surface area (Å²) in [5.74, 6) is 0. The molecule has 1 aliphatic heterocycles. The summed E-state index contributed by atoms with van der Waals surface area (Å²) >= 11 is 0. The summed E-state index contributed by atoms with van der Waals surface area (Å²) in [6.07, 6.45) is 3.64. The molecule has 1 aromatic rings. The van der Waals surface area contributed by atoms with Gasteiger partial charge in [0.25, 0.3) is 0 Å². The zero-order valence-electron chi connectivity index (χ0n) is 17.2. The molecule has 1 aliphatic rings. The molecule has 1 saturated heterocycles. The van der Waals surface area contributed by atoms with Crippen molar-refractivity contribution in [2.24, 2.45) is 0 Å². The molecule has 1 amide bonds. The van der Waals surface area contributed by atoms with Gasteiger partial charge in [-0.05, 0) is 37.5 Å². The van der Waals surface area contributed by atoms with E-state index in [0.717, 1.165) is 5.56 Å². The molecule has 0 bridgehead atoms. The largest absolute Gasteiger partial charge is 0.447 e. The van der Waals surface area contributed by atoms with E-state index in [1.165, 1.54) is 0 Å². The van der Waals surface area contributed by atoms with E-state index in [1.54, 1.807) is 0 Å². The van der Waals surface area contributed by atoms with Gasteiger partial charge in [0.1, 0.15) is 6.61 Å². The number of nitrogens with zero attached hydrogens (tertiary/aromatic N) is 1. The molecule has 5 heteroatoms. The number of benzene rings is 1. The quantitative estimate of drug-likeness (QED) is 0.484. The lowest BCUT2D eigenvalue weighted by Crippen LogP contribution is -2.51. The van der Waals surface area contributed by atoms with Crippen molar-refractivity contribution in [1.29, 1.82) is 0 Å². The number of carbonyl (C=O) groups is 1. The van der Waals surface area contributed by atoms with E-state index in [1.807, 2.05) is 55.2 Å². The first-order chi connectivity index (χ1) is 12.1. The average Bonchev–Trinajstić information content (AvgIpc) is 2.95. The fourth-order valence-electron chi connectivity index (χ4n) is 2.99. The van der Waals surface area contributed by atoms with Crippen LogP contribution in [-0.4, -0.2) is 38.1 Å². The van der Waals surface area contributed by atoms with E-state index < -0.39 is 8.32 Å². The van der Waals surface area contributed by atoms with Gasteiger partial charge in [-0.1, -0.05) is 63.3 Å². The second kappa shape index (κ2) is 7.97. The van der Waals surface area contributed by atoms with Gasteiger partial charge in [0.05, 0.1) is 18.2 Å². The number of carbonyl (C=O) groups excluding carboxylic acids is 1. The standard InChI is InChI=1S/C21H33NO3Si/c1-8-12-19(25-26(6,7)21(3,4)5)18-15-24-20(23)22(18)16(2)17-13-10-9-11-14-17/h8-14,16,18-19H,15H2,1-7H3/b12-8+/t16-,18+,19+/m1/s1. The third-order valence-electron chi connectivity index (χ3n) is 5.64. The number of cyclic esters (lactones) is 1. The number of rotatable bonds is 6. The highest BCUT2D eigenvalue weighted by Gasteiger charge is 2.45. The van der Waals surface area contributed by atoms with Crippen molar-refractivity contribution in [2.75, 3.05) is 6.61 Å². The first-order valence-corrected chi connectivity index (χ1v) is 12.3. The van der Waals surface area contributed by atoms with Crippen LogP contribution in [0.2, 0.25) is 18.1 Å². The Morgan fingerprint density at radius 2 is 1.88 bits per heavy atom. The van der Waals surface area contributed by atoms with Crippen LogP contribution in [0, 0.1) is 0 Å². The van der Waals surface area contributed by atoms with Gasteiger partial charge >= 0.3 is 6.09 Å². The molecule has 0 saturated carbocycles. The zero-order chi connectivity index (χ0) is 19.5. The lowest BCUT2D eigenvalue weighted by molar-refractivity contribution is 0.107. The summed E-state index contributed by atoms with van der Waals surface area (Å²) in [6.45, 7) is 15.6. The third-order valence-corrected chi connectivity index (χ3v) is 10.1. The van der Waals surface area contributed by atoms with Gasteiger partial charge in [-0.25, -0.2) is 4.79 Å². The predicted octanol–water partition coefficient (Wildman–Crippen LogP) is 5.53. The van der Waals surface area contributed by atoms with Crippen LogP contribution in [0.5, 0.6) is 0 Å². The first kappa shape index (κ1) is 20.7. The van der Waals surface area contributed by atoms with Gasteiger partial charge in [0, 0.05) is 0 Å². The molecule has 0 aromatic heterocycles. The van der Waals surface area contributed by atoms with Gasteiger partial charge in [-0.15, -0.1) is 0 Å². The lowest BCUT2D eigenvalue weighted by Gasteiger charge is -2.41. The number of amides is 1. The van der Waals surface area contributed by atoms with E-state index >= 15 is 0 Å². The Labute approximate surface area is 159 Å². The maximum atomic E-state index is 12.5. The highest BCUT2D eigenvalue weighted by molar-refractivity contribution is 6.74. The Morgan fingerprint density at radius 3 is 2.42 bits per heavy atom. The first-order valence-electron chi connectivity index (χ1n) is 9.39. The second-order valence-electron chi connectivity index (χ2n) is 8.51. The smallest absolute Gasteiger partial charge is 0.410 e. The second-order valence-corrected chi connectivity index (χ2v) is 13.3. The molecular weight excluding hydrogens is 342 g/mol. The molecule has 3 atom stereocenters. The van der Waals surface area contributed by atoms with Crippen LogP contribution >= 0.6 is 0 Å². The summed E-state index contributed by atoms with van der Waals surface area (Å²) in [5.41, 5.74) is 1.10. The Bertz CT molecular complexity index is 636. The summed E-state index contributed by atoms with van der Waals surface area (Å²) in [5, 5.41) is 0.103. The molecule has 4 nitrogen and oxygen atoms in total. The monoisotopic (exact) mass is 375 g/mol. The molecule has 0 N–H and O–H groups in total. The van der Waals surface area contributed by atoms with Gasteiger partial charge in [-0.3, -0.25) is 4.90 Å². The van der Waals surface area contributed by atoms with Gasteiger partial charge in [-0.2, -0.15) is 0 Å². The fraction of sp³-hybridized carbons (Fsp3) is 0.571. The van der Waals surface area contributed by atoms with Crippen molar-refractivity contribution in [3.63, 3.8) is 0 Å². The molecule has 144 valence electrons. The Morgan fingerprint density at radius 1 is 1.27 bits per heavy atom. The summed E-state index contributed by atoms with van der Waals surface area (Å²) < 4.78 is 12.1. The van der Waals surface area contributed by atoms with Crippen molar-refractivity contribution >= 4 is 14.4 Å². The molecule has 1 fully saturated rings. The average molecular weight is 376 g/mol. The molecule has 2 rings (SSSR count). The minimum atomic E-state index is -1.98. The summed E-state index contributed by atoms with van der Waals surface area (Å²) in [4.78, 5) is 14.3. The zero-order valence-corrected chi connectivity index (χ0v) is 18.2. The SMILES string of the molecule is C/C=C/[C@H](O[Si](C)(C)C(C)(C)C)[C@@H]1COC(=O)N1[C@H](C)c1ccccc1. The van der Waals surface area contributed by atoms with Gasteiger partial charge in [0.2, 0.25) is 0 Å². The summed E-state index contributed by atoms with van der Waals surface area (Å²) in [7, 11) is -1.98. The van der Waals surface area contributed by atoms with Crippen molar-refractivity contribution in [3.8, 4) is 0 Å².